The Bertz CT molecular complexity index is 4700. The third-order valence-corrected chi connectivity index (χ3v) is 16.9. The second-order valence-corrected chi connectivity index (χ2v) is 25.0. The number of hydrogen-bond acceptors (Lipinski definition) is 13. The molecule has 23 heteroatoms. The molecule has 0 aliphatic rings. The van der Waals surface area contributed by atoms with Gasteiger partial charge in [0.2, 0.25) is 13.1 Å². The first-order valence-corrected chi connectivity index (χ1v) is 33.2. The number of ether oxygens (including phenoxy) is 1. The Morgan fingerprint density at radius 1 is 0.470 bits per heavy atom. The third kappa shape index (κ3) is 23.5. The average molecular weight is 1410 g/mol. The van der Waals surface area contributed by atoms with E-state index in [0.29, 0.717) is 80.9 Å². The van der Waals surface area contributed by atoms with Crippen molar-refractivity contribution >= 4 is 69.5 Å². The number of carbonyl (C=O) groups excluding carboxylic acids is 6. The van der Waals surface area contributed by atoms with Crippen LogP contribution in [0.15, 0.2) is 206 Å². The zero-order valence-electron chi connectivity index (χ0n) is 55.3. The topological polar surface area (TPSA) is 254 Å². The molecule has 6 aromatic carbocycles. The summed E-state index contributed by atoms with van der Waals surface area (Å²) < 4.78 is 10.1. The summed E-state index contributed by atoms with van der Waals surface area (Å²) in [6.45, 7) is 18.1. The summed E-state index contributed by atoms with van der Waals surface area (Å²) in [5.74, 6) is -2.81. The molecular formula is C77H73Cl3N8O12. The number of benzene rings is 6. The average Bonchev–Trinajstić information content (AvgIpc) is 0.816. The van der Waals surface area contributed by atoms with Gasteiger partial charge in [-0.15, -0.1) is 0 Å². The van der Waals surface area contributed by atoms with Gasteiger partial charge in [-0.25, -0.2) is 22.7 Å². The quantitative estimate of drug-likeness (QED) is 0.0314. The van der Waals surface area contributed by atoms with Crippen LogP contribution in [-0.2, 0) is 74.2 Å². The SMILES string of the molecule is CC(=O)C(CC(=O)Cn1c(=O)cc(-c2ccc(Cl)cc2)[nH]c1=O)Cc1ccccc1.[C-]#[N+]CCCOc1nc(-c2ccc(Cl)cc2)cc(=O)n1CC(=O)CC(Cc1ccccc1)C(C)=O.[C-]#[N+]CCCn1c(-c2ccc(Cl)cc2)cc(=O)n(CC(=O)CC(Cc2ccccc2)C(C)=O)c1=O. The number of aromatic amines is 1. The summed E-state index contributed by atoms with van der Waals surface area (Å²) in [4.78, 5) is 152. The van der Waals surface area contributed by atoms with Gasteiger partial charge in [0.1, 0.15) is 17.3 Å². The van der Waals surface area contributed by atoms with Gasteiger partial charge in [-0.1, -0.05) is 162 Å². The van der Waals surface area contributed by atoms with Gasteiger partial charge >= 0.3 is 11.4 Å². The highest BCUT2D eigenvalue weighted by molar-refractivity contribution is 6.31. The van der Waals surface area contributed by atoms with E-state index < -0.39 is 52.4 Å². The maximum absolute atomic E-state index is 13.3. The van der Waals surface area contributed by atoms with Gasteiger partial charge in [-0.3, -0.25) is 61.4 Å². The molecule has 0 fully saturated rings. The lowest BCUT2D eigenvalue weighted by atomic mass is 9.91. The van der Waals surface area contributed by atoms with Crippen molar-refractivity contribution in [3.8, 4) is 39.8 Å². The number of hydrogen-bond donors (Lipinski definition) is 1. The molecule has 9 aromatic rings. The van der Waals surface area contributed by atoms with Crippen molar-refractivity contribution in [2.24, 2.45) is 17.8 Å². The smallest absolute Gasteiger partial charge is 0.331 e. The molecule has 0 saturated carbocycles. The van der Waals surface area contributed by atoms with Gasteiger partial charge in [-0.2, -0.15) is 4.98 Å². The van der Waals surface area contributed by atoms with E-state index in [9.17, 15) is 52.7 Å². The van der Waals surface area contributed by atoms with Gasteiger partial charge in [-0.05, 0) is 104 Å². The summed E-state index contributed by atoms with van der Waals surface area (Å²) in [6, 6.07) is 52.5. The van der Waals surface area contributed by atoms with E-state index in [0.717, 1.165) is 25.8 Å². The maximum Gasteiger partial charge on any atom is 0.331 e. The van der Waals surface area contributed by atoms with Crippen molar-refractivity contribution in [3.63, 3.8) is 0 Å². The molecule has 3 atom stereocenters. The first kappa shape index (κ1) is 76.6. The van der Waals surface area contributed by atoms with E-state index in [1.165, 1.54) is 48.1 Å². The second-order valence-electron chi connectivity index (χ2n) is 23.7. The van der Waals surface area contributed by atoms with E-state index in [-0.39, 0.29) is 99.3 Å². The Labute approximate surface area is 592 Å². The van der Waals surface area contributed by atoms with Crippen molar-refractivity contribution in [1.29, 1.82) is 0 Å². The normalized spacial score (nSPS) is 11.6. The van der Waals surface area contributed by atoms with Crippen molar-refractivity contribution < 1.29 is 33.5 Å². The summed E-state index contributed by atoms with van der Waals surface area (Å²) in [7, 11) is 0. The largest absolute Gasteiger partial charge is 0.464 e. The third-order valence-electron chi connectivity index (χ3n) is 16.1. The number of carbonyl (C=O) groups is 6. The monoisotopic (exact) mass is 1410 g/mol. The first-order valence-electron chi connectivity index (χ1n) is 32.1. The Kier molecular flexibility index (Phi) is 29.4. The summed E-state index contributed by atoms with van der Waals surface area (Å²) in [5.41, 5.74) is 3.00. The van der Waals surface area contributed by atoms with E-state index in [2.05, 4.69) is 19.7 Å². The van der Waals surface area contributed by atoms with Crippen LogP contribution in [0.25, 0.3) is 43.5 Å². The van der Waals surface area contributed by atoms with Crippen LogP contribution in [-0.4, -0.2) is 82.6 Å². The van der Waals surface area contributed by atoms with Gasteiger partial charge in [0.15, 0.2) is 17.3 Å². The van der Waals surface area contributed by atoms with Crippen LogP contribution in [0.3, 0.4) is 0 Å². The number of halogens is 3. The van der Waals surface area contributed by atoms with Crippen LogP contribution in [0.5, 0.6) is 6.01 Å². The minimum atomic E-state index is -0.678. The van der Waals surface area contributed by atoms with E-state index in [4.69, 9.17) is 52.7 Å². The fourth-order valence-electron chi connectivity index (χ4n) is 10.7. The molecule has 0 spiro atoms. The molecule has 0 amide bonds. The van der Waals surface area contributed by atoms with Gasteiger partial charge in [0, 0.05) is 88.8 Å². The number of H-pyrrole nitrogens is 1. The molecule has 9 rings (SSSR count). The number of Topliss-reactive ketones (excluding diaryl/α,β-unsaturated/α-hetero) is 6. The molecule has 514 valence electrons. The molecule has 0 bridgehead atoms. The lowest BCUT2D eigenvalue weighted by molar-refractivity contribution is -0.127. The Morgan fingerprint density at radius 3 is 1.29 bits per heavy atom. The van der Waals surface area contributed by atoms with E-state index in [1.807, 2.05) is 91.0 Å². The molecule has 0 saturated heterocycles. The molecule has 0 aliphatic heterocycles. The fraction of sp³-hybridized carbons (Fsp3) is 0.273. The zero-order chi connectivity index (χ0) is 72.3. The number of aromatic nitrogens is 6. The van der Waals surface area contributed by atoms with Crippen LogP contribution in [0.4, 0.5) is 0 Å². The van der Waals surface area contributed by atoms with Crippen molar-refractivity contribution in [3.05, 3.63) is 289 Å². The highest BCUT2D eigenvalue weighted by Gasteiger charge is 2.25. The first-order chi connectivity index (χ1) is 48.0. The molecule has 0 radical (unpaired) electrons. The standard InChI is InChI=1S/2C27H26ClN3O4.C23H21ClN2O4/c1-19(32)22(15-20-7-4-3-5-8-20)16-24(33)18-31-26(34)17-25(21-9-11-23(28)12-10-21)30-27(31)35-14-6-13-29-2;1-19(32)22(15-20-7-4-3-5-8-20)16-24(33)18-31-26(34)17-25(21-9-11-23(28)12-10-21)30(27(31)35)14-6-13-29-2;1-15(27)18(11-16-5-3-2-4-6-16)12-20(28)14-26-22(29)13-21(25-23(26)30)17-7-9-19(24)10-8-17/h2*3-5,7-12,17,22H,6,13-16,18H2,1H3;2-10,13,18H,11-12,14H2,1H3,(H,25,30). The highest BCUT2D eigenvalue weighted by atomic mass is 35.5. The molecule has 20 nitrogen and oxygen atoms in total. The highest BCUT2D eigenvalue weighted by Crippen LogP contribution is 2.25. The summed E-state index contributed by atoms with van der Waals surface area (Å²) in [6.07, 6.45) is 2.08. The van der Waals surface area contributed by atoms with Crippen LogP contribution in [0.1, 0.15) is 69.6 Å². The zero-order valence-corrected chi connectivity index (χ0v) is 57.6. The Morgan fingerprint density at radius 2 is 0.860 bits per heavy atom. The number of nitrogens with one attached hydrogen (secondary N) is 1. The summed E-state index contributed by atoms with van der Waals surface area (Å²) >= 11 is 17.8. The molecule has 0 aliphatic carbocycles. The van der Waals surface area contributed by atoms with Crippen LogP contribution < -0.4 is 32.8 Å². The van der Waals surface area contributed by atoms with Gasteiger partial charge < -0.3 is 19.4 Å². The molecule has 3 unspecified atom stereocenters. The van der Waals surface area contributed by atoms with Crippen LogP contribution in [0, 0.1) is 30.9 Å². The Balaban J connectivity index is 0.000000211. The molecule has 3 aromatic heterocycles. The lowest BCUT2D eigenvalue weighted by Crippen LogP contribution is -2.42. The molecule has 1 N–H and O–H groups in total. The minimum Gasteiger partial charge on any atom is -0.464 e. The van der Waals surface area contributed by atoms with Crippen molar-refractivity contribution in [2.75, 3.05) is 19.7 Å². The van der Waals surface area contributed by atoms with Gasteiger partial charge in [0.05, 0.1) is 49.7 Å². The predicted octanol–water partition coefficient (Wildman–Crippen LogP) is 12.0. The van der Waals surface area contributed by atoms with E-state index in [1.54, 1.807) is 72.8 Å². The van der Waals surface area contributed by atoms with Crippen molar-refractivity contribution in [2.45, 2.75) is 98.3 Å². The van der Waals surface area contributed by atoms with Crippen LogP contribution >= 0.6 is 34.8 Å². The fourth-order valence-corrected chi connectivity index (χ4v) is 11.1. The maximum atomic E-state index is 13.3. The van der Waals surface area contributed by atoms with Gasteiger partial charge in [0.25, 0.3) is 22.7 Å². The number of rotatable bonds is 31. The lowest BCUT2D eigenvalue weighted by Gasteiger charge is -2.16. The summed E-state index contributed by atoms with van der Waals surface area (Å²) in [5, 5.41) is 1.61. The molecular weight excluding hydrogens is 1340 g/mol. The van der Waals surface area contributed by atoms with Crippen molar-refractivity contribution in [1.82, 2.24) is 28.2 Å². The molecule has 3 heterocycles. The molecule has 100 heavy (non-hydrogen) atoms. The predicted molar refractivity (Wildman–Crippen MR) is 386 cm³/mol. The Hall–Kier alpha value is -10.8. The minimum absolute atomic E-state index is 0.00298. The van der Waals surface area contributed by atoms with E-state index >= 15 is 0 Å². The second kappa shape index (κ2) is 38.4. The number of ketones is 6. The number of nitrogens with zero attached hydrogens (tertiary/aromatic N) is 7. The van der Waals surface area contributed by atoms with Crippen LogP contribution in [0.2, 0.25) is 15.1 Å².